The predicted molar refractivity (Wildman–Crippen MR) is 97.9 cm³/mol. The van der Waals surface area contributed by atoms with Gasteiger partial charge >= 0.3 is 0 Å². The van der Waals surface area contributed by atoms with Gasteiger partial charge in [0.25, 0.3) is 0 Å². The first kappa shape index (κ1) is 19.7. The van der Waals surface area contributed by atoms with E-state index < -0.39 is 5.60 Å². The van der Waals surface area contributed by atoms with E-state index in [1.165, 1.54) is 6.42 Å². The Morgan fingerprint density at radius 1 is 1.00 bits per heavy atom. The number of piperazine rings is 1. The number of piperidine rings is 1. The van der Waals surface area contributed by atoms with Crippen LogP contribution in [0.4, 0.5) is 0 Å². The third-order valence-corrected chi connectivity index (χ3v) is 5.88. The van der Waals surface area contributed by atoms with Crippen LogP contribution in [-0.2, 0) is 4.79 Å². The van der Waals surface area contributed by atoms with E-state index >= 15 is 0 Å². The maximum atomic E-state index is 12.6. The predicted octanol–water partition coefficient (Wildman–Crippen LogP) is 1.66. The first-order chi connectivity index (χ1) is 11.3. The van der Waals surface area contributed by atoms with Crippen LogP contribution in [0.1, 0.15) is 47.0 Å². The van der Waals surface area contributed by atoms with Gasteiger partial charge in [0, 0.05) is 45.8 Å². The fraction of sp³-hybridized carbons (Fsp3) is 0.947. The average molecular weight is 340 g/mol. The minimum atomic E-state index is -0.557. The molecular formula is C19H37N3O2. The maximum absolute atomic E-state index is 12.6. The van der Waals surface area contributed by atoms with E-state index in [4.69, 9.17) is 0 Å². The summed E-state index contributed by atoms with van der Waals surface area (Å²) < 4.78 is 0. The summed E-state index contributed by atoms with van der Waals surface area (Å²) in [5, 5.41) is 10.5. The Bertz CT molecular complexity index is 393. The summed E-state index contributed by atoms with van der Waals surface area (Å²) in [6.45, 7) is 15.5. The summed E-state index contributed by atoms with van der Waals surface area (Å²) in [5.41, 5.74) is -0.557. The van der Waals surface area contributed by atoms with Crippen LogP contribution in [0, 0.1) is 11.8 Å². The summed E-state index contributed by atoms with van der Waals surface area (Å²) in [6.07, 6.45) is 2.83. The van der Waals surface area contributed by atoms with E-state index in [1.54, 1.807) is 0 Å². The lowest BCUT2D eigenvalue weighted by molar-refractivity contribution is -0.135. The topological polar surface area (TPSA) is 47.0 Å². The van der Waals surface area contributed by atoms with Crippen molar-refractivity contribution in [2.75, 3.05) is 52.4 Å². The van der Waals surface area contributed by atoms with Gasteiger partial charge in [-0.25, -0.2) is 0 Å². The zero-order valence-corrected chi connectivity index (χ0v) is 16.1. The minimum Gasteiger partial charge on any atom is -0.389 e. The second-order valence-corrected chi connectivity index (χ2v) is 8.23. The van der Waals surface area contributed by atoms with Gasteiger partial charge in [0.05, 0.1) is 12.1 Å². The molecule has 2 unspecified atom stereocenters. The number of hydrogen-bond donors (Lipinski definition) is 1. The molecule has 2 aliphatic rings. The van der Waals surface area contributed by atoms with Crippen molar-refractivity contribution < 1.29 is 9.90 Å². The molecule has 2 fully saturated rings. The van der Waals surface area contributed by atoms with Gasteiger partial charge in [-0.05, 0) is 31.1 Å². The Morgan fingerprint density at radius 3 is 2.00 bits per heavy atom. The SMILES string of the molecule is CCC(O)(CC)CN1CCN(CC(=O)N2CC(C)CC(C)C2)CC1. The van der Waals surface area contributed by atoms with Crippen LogP contribution in [-0.4, -0.2) is 83.7 Å². The lowest BCUT2D eigenvalue weighted by Gasteiger charge is -2.40. The fourth-order valence-corrected chi connectivity index (χ4v) is 4.15. The molecular weight excluding hydrogens is 302 g/mol. The Morgan fingerprint density at radius 2 is 1.50 bits per heavy atom. The van der Waals surface area contributed by atoms with Crippen molar-refractivity contribution in [3.8, 4) is 0 Å². The van der Waals surface area contributed by atoms with Crippen LogP contribution in [0.5, 0.6) is 0 Å². The molecule has 0 aromatic heterocycles. The molecule has 1 N–H and O–H groups in total. The summed E-state index contributed by atoms with van der Waals surface area (Å²) >= 11 is 0. The highest BCUT2D eigenvalue weighted by molar-refractivity contribution is 5.78. The highest BCUT2D eigenvalue weighted by atomic mass is 16.3. The quantitative estimate of drug-likeness (QED) is 0.799. The van der Waals surface area contributed by atoms with Crippen molar-refractivity contribution in [1.82, 2.24) is 14.7 Å². The molecule has 2 rings (SSSR count). The van der Waals surface area contributed by atoms with E-state index in [0.717, 1.165) is 58.7 Å². The van der Waals surface area contributed by atoms with E-state index in [-0.39, 0.29) is 0 Å². The standard InChI is InChI=1S/C19H37N3O2/c1-5-19(24,6-2)15-21-9-7-20(8-10-21)14-18(23)22-12-16(3)11-17(4)13-22/h16-17,24H,5-15H2,1-4H3. The second kappa shape index (κ2) is 8.63. The number of likely N-dealkylation sites (tertiary alicyclic amines) is 1. The molecule has 140 valence electrons. The fourth-order valence-electron chi connectivity index (χ4n) is 4.15. The smallest absolute Gasteiger partial charge is 0.236 e. The monoisotopic (exact) mass is 339 g/mol. The Balaban J connectivity index is 1.75. The number of carbonyl (C=O) groups is 1. The van der Waals surface area contributed by atoms with Gasteiger partial charge in [-0.1, -0.05) is 27.7 Å². The molecule has 2 aliphatic heterocycles. The van der Waals surface area contributed by atoms with Gasteiger partial charge < -0.3 is 10.0 Å². The summed E-state index contributed by atoms with van der Waals surface area (Å²) in [7, 11) is 0. The Hall–Kier alpha value is -0.650. The van der Waals surface area contributed by atoms with E-state index in [1.807, 2.05) is 0 Å². The number of β-amino-alcohol motifs (C(OH)–C–C–N with tert-alkyl or cyclic N) is 1. The molecule has 0 aromatic rings. The van der Waals surface area contributed by atoms with Crippen LogP contribution in [0.25, 0.3) is 0 Å². The molecule has 2 heterocycles. The lowest BCUT2D eigenvalue weighted by atomic mass is 9.92. The number of aliphatic hydroxyl groups is 1. The highest BCUT2D eigenvalue weighted by Crippen LogP contribution is 2.21. The molecule has 0 radical (unpaired) electrons. The Labute approximate surface area is 148 Å². The normalized spacial score (nSPS) is 27.5. The Kier molecular flexibility index (Phi) is 7.08. The van der Waals surface area contributed by atoms with Crippen LogP contribution >= 0.6 is 0 Å². The third kappa shape index (κ3) is 5.43. The number of nitrogens with zero attached hydrogens (tertiary/aromatic N) is 3. The van der Waals surface area contributed by atoms with E-state index in [9.17, 15) is 9.90 Å². The molecule has 5 nitrogen and oxygen atoms in total. The molecule has 1 amide bonds. The average Bonchev–Trinajstić information content (AvgIpc) is 2.55. The van der Waals surface area contributed by atoms with Crippen LogP contribution in [0.3, 0.4) is 0 Å². The van der Waals surface area contributed by atoms with Gasteiger partial charge in [-0.15, -0.1) is 0 Å². The second-order valence-electron chi connectivity index (χ2n) is 8.23. The van der Waals surface area contributed by atoms with Gasteiger partial charge in [-0.3, -0.25) is 14.6 Å². The van der Waals surface area contributed by atoms with Gasteiger partial charge in [0.2, 0.25) is 5.91 Å². The van der Waals surface area contributed by atoms with E-state index in [0.29, 0.717) is 24.3 Å². The molecule has 24 heavy (non-hydrogen) atoms. The van der Waals surface area contributed by atoms with E-state index in [2.05, 4.69) is 42.4 Å². The first-order valence-corrected chi connectivity index (χ1v) is 9.80. The number of amides is 1. The zero-order chi connectivity index (χ0) is 17.7. The number of rotatable bonds is 6. The number of carbonyl (C=O) groups excluding carboxylic acids is 1. The largest absolute Gasteiger partial charge is 0.389 e. The molecule has 0 aromatic carbocycles. The maximum Gasteiger partial charge on any atom is 0.236 e. The molecule has 2 saturated heterocycles. The zero-order valence-electron chi connectivity index (χ0n) is 16.1. The van der Waals surface area contributed by atoms with Gasteiger partial charge in [0.15, 0.2) is 0 Å². The first-order valence-electron chi connectivity index (χ1n) is 9.80. The van der Waals surface area contributed by atoms with Crippen LogP contribution in [0.15, 0.2) is 0 Å². The summed E-state index contributed by atoms with van der Waals surface area (Å²) in [5.74, 6) is 1.53. The van der Waals surface area contributed by atoms with Crippen LogP contribution in [0.2, 0.25) is 0 Å². The lowest BCUT2D eigenvalue weighted by Crippen LogP contribution is -2.54. The molecule has 0 aliphatic carbocycles. The van der Waals surface area contributed by atoms with Crippen molar-refractivity contribution in [3.63, 3.8) is 0 Å². The van der Waals surface area contributed by atoms with Gasteiger partial charge in [0.1, 0.15) is 0 Å². The molecule has 5 heteroatoms. The molecule has 0 bridgehead atoms. The summed E-state index contributed by atoms with van der Waals surface area (Å²) in [4.78, 5) is 19.3. The van der Waals surface area contributed by atoms with Gasteiger partial charge in [-0.2, -0.15) is 0 Å². The minimum absolute atomic E-state index is 0.292. The molecule has 0 saturated carbocycles. The molecule has 0 spiro atoms. The van der Waals surface area contributed by atoms with Crippen molar-refractivity contribution in [1.29, 1.82) is 0 Å². The van der Waals surface area contributed by atoms with Crippen molar-refractivity contribution >= 4 is 5.91 Å². The number of hydrogen-bond acceptors (Lipinski definition) is 4. The third-order valence-electron chi connectivity index (χ3n) is 5.88. The van der Waals surface area contributed by atoms with Crippen molar-refractivity contribution in [2.45, 2.75) is 52.6 Å². The molecule has 2 atom stereocenters. The van der Waals surface area contributed by atoms with Crippen molar-refractivity contribution in [3.05, 3.63) is 0 Å². The van der Waals surface area contributed by atoms with Crippen LogP contribution < -0.4 is 0 Å². The highest BCUT2D eigenvalue weighted by Gasteiger charge is 2.30. The summed E-state index contributed by atoms with van der Waals surface area (Å²) in [6, 6.07) is 0. The van der Waals surface area contributed by atoms with Crippen molar-refractivity contribution in [2.24, 2.45) is 11.8 Å².